The zero-order valence-electron chi connectivity index (χ0n) is 11.5. The minimum absolute atomic E-state index is 0.0210. The molecule has 0 unspecified atom stereocenters. The SMILES string of the molecule is CC(C)(C)NC(=O)CCNc1ccc(C(N)=S)nc1. The minimum atomic E-state index is -0.197. The lowest BCUT2D eigenvalue weighted by Gasteiger charge is -2.20. The predicted molar refractivity (Wildman–Crippen MR) is 81.1 cm³/mol. The third-order valence-corrected chi connectivity index (χ3v) is 2.42. The lowest BCUT2D eigenvalue weighted by molar-refractivity contribution is -0.122. The van der Waals surface area contributed by atoms with E-state index in [1.165, 1.54) is 0 Å². The number of amides is 1. The van der Waals surface area contributed by atoms with E-state index in [1.807, 2.05) is 26.8 Å². The quantitative estimate of drug-likeness (QED) is 0.711. The van der Waals surface area contributed by atoms with Crippen molar-refractivity contribution in [2.75, 3.05) is 11.9 Å². The van der Waals surface area contributed by atoms with E-state index in [1.54, 1.807) is 12.3 Å². The van der Waals surface area contributed by atoms with Crippen molar-refractivity contribution in [3.8, 4) is 0 Å². The van der Waals surface area contributed by atoms with Gasteiger partial charge in [-0.2, -0.15) is 0 Å². The first kappa shape index (κ1) is 15.4. The van der Waals surface area contributed by atoms with Gasteiger partial charge in [0.25, 0.3) is 0 Å². The molecule has 6 heteroatoms. The molecule has 1 rings (SSSR count). The van der Waals surface area contributed by atoms with Crippen molar-refractivity contribution < 1.29 is 4.79 Å². The summed E-state index contributed by atoms with van der Waals surface area (Å²) in [6, 6.07) is 3.59. The maximum atomic E-state index is 11.6. The van der Waals surface area contributed by atoms with Gasteiger partial charge in [-0.25, -0.2) is 0 Å². The number of aromatic nitrogens is 1. The van der Waals surface area contributed by atoms with Gasteiger partial charge in [-0.15, -0.1) is 0 Å². The Morgan fingerprint density at radius 3 is 2.58 bits per heavy atom. The molecule has 1 amide bonds. The maximum absolute atomic E-state index is 11.6. The highest BCUT2D eigenvalue weighted by Crippen LogP contribution is 2.06. The van der Waals surface area contributed by atoms with E-state index < -0.39 is 0 Å². The van der Waals surface area contributed by atoms with E-state index in [0.29, 0.717) is 18.7 Å². The molecule has 4 N–H and O–H groups in total. The second-order valence-electron chi connectivity index (χ2n) is 5.27. The van der Waals surface area contributed by atoms with Gasteiger partial charge < -0.3 is 16.4 Å². The summed E-state index contributed by atoms with van der Waals surface area (Å²) in [6.07, 6.45) is 2.06. The molecular weight excluding hydrogens is 260 g/mol. The summed E-state index contributed by atoms with van der Waals surface area (Å²) >= 11 is 4.82. The van der Waals surface area contributed by atoms with Crippen LogP contribution < -0.4 is 16.4 Å². The van der Waals surface area contributed by atoms with Gasteiger partial charge in [-0.1, -0.05) is 12.2 Å². The monoisotopic (exact) mass is 280 g/mol. The van der Waals surface area contributed by atoms with E-state index in [-0.39, 0.29) is 16.4 Å². The molecule has 0 atom stereocenters. The highest BCUT2D eigenvalue weighted by Gasteiger charge is 2.12. The Hall–Kier alpha value is -1.69. The molecule has 5 nitrogen and oxygen atoms in total. The lowest BCUT2D eigenvalue weighted by Crippen LogP contribution is -2.41. The molecule has 0 spiro atoms. The van der Waals surface area contributed by atoms with Crippen LogP contribution in [0.4, 0.5) is 5.69 Å². The van der Waals surface area contributed by atoms with Gasteiger partial charge in [0.1, 0.15) is 4.99 Å². The molecule has 1 heterocycles. The standard InChI is InChI=1S/C13H20N4OS/c1-13(2,3)17-11(18)6-7-15-9-4-5-10(12(14)19)16-8-9/h4-5,8,15H,6-7H2,1-3H3,(H2,14,19)(H,17,18). The number of rotatable bonds is 5. The van der Waals surface area contributed by atoms with Gasteiger partial charge in [0.05, 0.1) is 17.6 Å². The number of hydrogen-bond acceptors (Lipinski definition) is 4. The summed E-state index contributed by atoms with van der Waals surface area (Å²) < 4.78 is 0. The van der Waals surface area contributed by atoms with Crippen LogP contribution in [0.5, 0.6) is 0 Å². The van der Waals surface area contributed by atoms with Crippen molar-refractivity contribution in [1.29, 1.82) is 0 Å². The van der Waals surface area contributed by atoms with Crippen LogP contribution in [0.3, 0.4) is 0 Å². The van der Waals surface area contributed by atoms with Gasteiger partial charge in [0.15, 0.2) is 0 Å². The van der Waals surface area contributed by atoms with Gasteiger partial charge >= 0.3 is 0 Å². The van der Waals surface area contributed by atoms with Crippen molar-refractivity contribution in [3.63, 3.8) is 0 Å². The second kappa shape index (κ2) is 6.47. The third-order valence-electron chi connectivity index (χ3n) is 2.21. The van der Waals surface area contributed by atoms with Crippen LogP contribution in [0.15, 0.2) is 18.3 Å². The van der Waals surface area contributed by atoms with Gasteiger partial charge in [-0.05, 0) is 32.9 Å². The maximum Gasteiger partial charge on any atom is 0.222 e. The molecule has 1 aromatic rings. The molecule has 0 bridgehead atoms. The van der Waals surface area contributed by atoms with Crippen LogP contribution in [0.1, 0.15) is 32.9 Å². The number of pyridine rings is 1. The summed E-state index contributed by atoms with van der Waals surface area (Å²) in [5.74, 6) is 0.0210. The fraction of sp³-hybridized carbons (Fsp3) is 0.462. The Labute approximate surface area is 119 Å². The Balaban J connectivity index is 2.37. The molecule has 0 saturated heterocycles. The highest BCUT2D eigenvalue weighted by atomic mass is 32.1. The number of thiocarbonyl (C=S) groups is 1. The fourth-order valence-corrected chi connectivity index (χ4v) is 1.57. The second-order valence-corrected chi connectivity index (χ2v) is 5.71. The summed E-state index contributed by atoms with van der Waals surface area (Å²) in [6.45, 7) is 6.42. The molecule has 19 heavy (non-hydrogen) atoms. The summed E-state index contributed by atoms with van der Waals surface area (Å²) in [4.78, 5) is 16.0. The topological polar surface area (TPSA) is 80.0 Å². The Kier molecular flexibility index (Phi) is 5.23. The van der Waals surface area contributed by atoms with Crippen molar-refractivity contribution in [3.05, 3.63) is 24.0 Å². The van der Waals surface area contributed by atoms with E-state index in [4.69, 9.17) is 18.0 Å². The molecule has 0 fully saturated rings. The number of carbonyl (C=O) groups excluding carboxylic acids is 1. The smallest absolute Gasteiger partial charge is 0.222 e. The van der Waals surface area contributed by atoms with Gasteiger partial charge in [0, 0.05) is 18.5 Å². The molecule has 0 aromatic carbocycles. The predicted octanol–water partition coefficient (Wildman–Crippen LogP) is 1.43. The van der Waals surface area contributed by atoms with Crippen LogP contribution >= 0.6 is 12.2 Å². The van der Waals surface area contributed by atoms with E-state index in [2.05, 4.69) is 15.6 Å². The zero-order chi connectivity index (χ0) is 14.5. The average molecular weight is 280 g/mol. The van der Waals surface area contributed by atoms with Crippen LogP contribution in [0.25, 0.3) is 0 Å². The van der Waals surface area contributed by atoms with Gasteiger partial charge in [-0.3, -0.25) is 9.78 Å². The molecule has 104 valence electrons. The Morgan fingerprint density at radius 1 is 1.42 bits per heavy atom. The van der Waals surface area contributed by atoms with E-state index >= 15 is 0 Å². The Morgan fingerprint density at radius 2 is 2.11 bits per heavy atom. The summed E-state index contributed by atoms with van der Waals surface area (Å²) in [7, 11) is 0. The number of anilines is 1. The zero-order valence-corrected chi connectivity index (χ0v) is 12.3. The van der Waals surface area contributed by atoms with Crippen LogP contribution in [0.2, 0.25) is 0 Å². The number of nitrogens with two attached hydrogens (primary N) is 1. The third kappa shape index (κ3) is 6.15. The van der Waals surface area contributed by atoms with Crippen LogP contribution in [-0.2, 0) is 4.79 Å². The van der Waals surface area contributed by atoms with Gasteiger partial charge in [0.2, 0.25) is 5.91 Å². The minimum Gasteiger partial charge on any atom is -0.388 e. The summed E-state index contributed by atoms with van der Waals surface area (Å²) in [5.41, 5.74) is 6.69. The highest BCUT2D eigenvalue weighted by molar-refractivity contribution is 7.80. The van der Waals surface area contributed by atoms with E-state index in [9.17, 15) is 4.79 Å². The first-order valence-corrected chi connectivity index (χ1v) is 6.49. The number of nitrogens with zero attached hydrogens (tertiary/aromatic N) is 1. The molecule has 0 aliphatic heterocycles. The molecular formula is C13H20N4OS. The van der Waals surface area contributed by atoms with Crippen molar-refractivity contribution >= 4 is 28.8 Å². The average Bonchev–Trinajstić information content (AvgIpc) is 2.27. The van der Waals surface area contributed by atoms with Crippen molar-refractivity contribution in [2.45, 2.75) is 32.7 Å². The molecule has 0 saturated carbocycles. The largest absolute Gasteiger partial charge is 0.388 e. The van der Waals surface area contributed by atoms with Crippen molar-refractivity contribution in [2.24, 2.45) is 5.73 Å². The van der Waals surface area contributed by atoms with E-state index in [0.717, 1.165) is 5.69 Å². The first-order chi connectivity index (χ1) is 8.78. The first-order valence-electron chi connectivity index (χ1n) is 6.09. The molecule has 1 aromatic heterocycles. The van der Waals surface area contributed by atoms with Crippen LogP contribution in [0, 0.1) is 0 Å². The number of hydrogen-bond donors (Lipinski definition) is 3. The van der Waals surface area contributed by atoms with Crippen LogP contribution in [-0.4, -0.2) is 28.0 Å². The number of carbonyl (C=O) groups is 1. The number of nitrogens with one attached hydrogen (secondary N) is 2. The molecule has 0 aliphatic carbocycles. The molecule has 0 radical (unpaired) electrons. The normalized spacial score (nSPS) is 10.9. The Bertz CT molecular complexity index is 451. The lowest BCUT2D eigenvalue weighted by atomic mass is 10.1. The fourth-order valence-electron chi connectivity index (χ4n) is 1.45. The molecule has 0 aliphatic rings. The van der Waals surface area contributed by atoms with Crippen molar-refractivity contribution in [1.82, 2.24) is 10.3 Å². The summed E-state index contributed by atoms with van der Waals surface area (Å²) in [5, 5.41) is 6.02.